The lowest BCUT2D eigenvalue weighted by Crippen LogP contribution is -2.41. The van der Waals surface area contributed by atoms with E-state index in [9.17, 15) is 14.4 Å². The van der Waals surface area contributed by atoms with Crippen molar-refractivity contribution < 1.29 is 29.0 Å². The van der Waals surface area contributed by atoms with Crippen LogP contribution in [0, 0.1) is 0 Å². The first-order valence-electron chi connectivity index (χ1n) is 10.8. The molecular formula is C26H35NO6. The maximum atomic E-state index is 12.1. The number of nitrogens with one attached hydrogen (secondary N) is 1. The Morgan fingerprint density at radius 2 is 1.91 bits per heavy atom. The Morgan fingerprint density at radius 1 is 1.27 bits per heavy atom. The molecule has 7 nitrogen and oxygen atoms in total. The molecule has 2 unspecified atom stereocenters. The van der Waals surface area contributed by atoms with Gasteiger partial charge in [-0.15, -0.1) is 0 Å². The Balaban J connectivity index is 0.000000801. The topological polar surface area (TPSA) is 102 Å². The quantitative estimate of drug-likeness (QED) is 0.512. The third-order valence-electron chi connectivity index (χ3n) is 5.02. The lowest BCUT2D eigenvalue weighted by atomic mass is 9.96. The van der Waals surface area contributed by atoms with Crippen molar-refractivity contribution in [3.8, 4) is 0 Å². The Morgan fingerprint density at radius 3 is 2.42 bits per heavy atom. The van der Waals surface area contributed by atoms with Gasteiger partial charge in [0.2, 0.25) is 0 Å². The van der Waals surface area contributed by atoms with Crippen LogP contribution in [-0.4, -0.2) is 48.8 Å². The number of hydrogen-bond donors (Lipinski definition) is 2. The van der Waals surface area contributed by atoms with Crippen molar-refractivity contribution in [3.05, 3.63) is 65.8 Å². The number of benzene rings is 1. The van der Waals surface area contributed by atoms with Gasteiger partial charge in [0, 0.05) is 19.4 Å². The molecule has 2 rings (SSSR count). The number of rotatable bonds is 9. The van der Waals surface area contributed by atoms with Crippen LogP contribution in [-0.2, 0) is 19.1 Å². The largest absolute Gasteiger partial charge is 0.480 e. The van der Waals surface area contributed by atoms with E-state index in [2.05, 4.69) is 11.9 Å². The van der Waals surface area contributed by atoms with Gasteiger partial charge in [-0.1, -0.05) is 49.1 Å². The number of alkyl carbamates (subject to hydrolysis) is 1. The van der Waals surface area contributed by atoms with E-state index in [1.54, 1.807) is 13.2 Å². The molecule has 0 saturated heterocycles. The molecule has 180 valence electrons. The van der Waals surface area contributed by atoms with Gasteiger partial charge in [-0.05, 0) is 56.4 Å². The first-order chi connectivity index (χ1) is 15.6. The predicted octanol–water partition coefficient (Wildman–Crippen LogP) is 4.89. The second kappa shape index (κ2) is 13.4. The van der Waals surface area contributed by atoms with Crippen molar-refractivity contribution in [1.82, 2.24) is 5.32 Å². The fraction of sp³-hybridized carbons (Fsp3) is 0.423. The Kier molecular flexibility index (Phi) is 11.3. The van der Waals surface area contributed by atoms with Crippen molar-refractivity contribution in [1.29, 1.82) is 0 Å². The number of aldehydes is 1. The summed E-state index contributed by atoms with van der Waals surface area (Å²) in [5, 5.41) is 11.4. The van der Waals surface area contributed by atoms with E-state index in [0.717, 1.165) is 22.3 Å². The van der Waals surface area contributed by atoms with E-state index in [-0.39, 0.29) is 31.0 Å². The Hall–Kier alpha value is -3.19. The van der Waals surface area contributed by atoms with Crippen LogP contribution >= 0.6 is 0 Å². The number of carbonyl (C=O) groups excluding carboxylic acids is 2. The highest BCUT2D eigenvalue weighted by molar-refractivity contribution is 5.86. The molecule has 0 spiro atoms. The van der Waals surface area contributed by atoms with Gasteiger partial charge in [0.05, 0.1) is 5.60 Å². The molecule has 7 heteroatoms. The number of carboxylic acid groups (broad SMARTS) is 1. The molecule has 0 aliphatic heterocycles. The standard InChI is InChI=1S/C21H23NO5.C5H12O/c1-3-8-15-14(4-2)16-9-5-6-10-17(16)18(15)13-27-21(26)22-19(20(24)25)11-7-12-23;1-5(2,3)6-4/h3-6,8-10,12,18-19H,2,7,11,13H2,1H3,(H,22,26)(H,24,25);1-4H3/b8-3-;. The minimum Gasteiger partial charge on any atom is -0.480 e. The van der Waals surface area contributed by atoms with Gasteiger partial charge < -0.3 is 24.7 Å². The first kappa shape index (κ1) is 27.8. The Labute approximate surface area is 196 Å². The predicted molar refractivity (Wildman–Crippen MR) is 129 cm³/mol. The van der Waals surface area contributed by atoms with Crippen molar-refractivity contribution in [2.75, 3.05) is 13.7 Å². The number of aliphatic carboxylic acids is 1. The number of carbonyl (C=O) groups is 3. The van der Waals surface area contributed by atoms with Gasteiger partial charge in [0.1, 0.15) is 18.9 Å². The summed E-state index contributed by atoms with van der Waals surface area (Å²) in [4.78, 5) is 33.7. The van der Waals surface area contributed by atoms with E-state index in [4.69, 9.17) is 14.6 Å². The highest BCUT2D eigenvalue weighted by Gasteiger charge is 2.30. The van der Waals surface area contributed by atoms with Crippen molar-refractivity contribution in [2.45, 2.75) is 58.1 Å². The number of hydrogen-bond acceptors (Lipinski definition) is 5. The van der Waals surface area contributed by atoms with Crippen molar-refractivity contribution >= 4 is 23.9 Å². The average molecular weight is 458 g/mol. The van der Waals surface area contributed by atoms with Crippen LogP contribution in [0.25, 0.3) is 5.57 Å². The number of amides is 1. The van der Waals surface area contributed by atoms with E-state index >= 15 is 0 Å². The van der Waals surface area contributed by atoms with Crippen LogP contribution in [0.3, 0.4) is 0 Å². The molecule has 2 N–H and O–H groups in total. The number of fused-ring (bicyclic) bond motifs is 1. The SMILES string of the molecule is C=CC1=C(/C=C\C)C(COC(=O)NC(CCC=O)C(=O)O)c2ccccc21.COC(C)(C)C. The van der Waals surface area contributed by atoms with Crippen molar-refractivity contribution in [3.63, 3.8) is 0 Å². The average Bonchev–Trinajstić information content (AvgIpc) is 3.07. The maximum absolute atomic E-state index is 12.1. The summed E-state index contributed by atoms with van der Waals surface area (Å²) >= 11 is 0. The number of methoxy groups -OCH3 is 1. The van der Waals surface area contributed by atoms with Crippen LogP contribution in [0.4, 0.5) is 4.79 Å². The van der Waals surface area contributed by atoms with Gasteiger partial charge in [0.25, 0.3) is 0 Å². The van der Waals surface area contributed by atoms with Crippen LogP contribution < -0.4 is 5.32 Å². The minimum atomic E-state index is -1.21. The third-order valence-corrected chi connectivity index (χ3v) is 5.02. The molecule has 0 saturated carbocycles. The minimum absolute atomic E-state index is 0.0184. The van der Waals surface area contributed by atoms with E-state index < -0.39 is 18.1 Å². The van der Waals surface area contributed by atoms with Gasteiger partial charge in [-0.25, -0.2) is 9.59 Å². The Bertz CT molecular complexity index is 894. The van der Waals surface area contributed by atoms with Gasteiger partial charge in [-0.2, -0.15) is 0 Å². The normalized spacial score (nSPS) is 15.8. The van der Waals surface area contributed by atoms with Crippen LogP contribution in [0.5, 0.6) is 0 Å². The van der Waals surface area contributed by atoms with Crippen LogP contribution in [0.2, 0.25) is 0 Å². The highest BCUT2D eigenvalue weighted by Crippen LogP contribution is 2.43. The molecule has 33 heavy (non-hydrogen) atoms. The van der Waals surface area contributed by atoms with Crippen LogP contribution in [0.1, 0.15) is 57.6 Å². The summed E-state index contributed by atoms with van der Waals surface area (Å²) in [6.45, 7) is 11.9. The molecule has 0 radical (unpaired) electrons. The molecule has 1 amide bonds. The van der Waals surface area contributed by atoms with E-state index in [0.29, 0.717) is 6.29 Å². The monoisotopic (exact) mass is 457 g/mol. The summed E-state index contributed by atoms with van der Waals surface area (Å²) in [5.74, 6) is -1.36. The van der Waals surface area contributed by atoms with Gasteiger partial charge in [0.15, 0.2) is 0 Å². The van der Waals surface area contributed by atoms with E-state index in [1.807, 2.05) is 64.1 Å². The van der Waals surface area contributed by atoms with Gasteiger partial charge >= 0.3 is 12.1 Å². The zero-order chi connectivity index (χ0) is 25.0. The molecule has 1 aromatic rings. The molecule has 0 bridgehead atoms. The number of allylic oxidation sites excluding steroid dienone is 4. The van der Waals surface area contributed by atoms with Crippen LogP contribution in [0.15, 0.2) is 54.6 Å². The number of carboxylic acids is 1. The van der Waals surface area contributed by atoms with Crippen molar-refractivity contribution in [2.24, 2.45) is 0 Å². The summed E-state index contributed by atoms with van der Waals surface area (Å²) < 4.78 is 10.2. The maximum Gasteiger partial charge on any atom is 0.407 e. The summed E-state index contributed by atoms with van der Waals surface area (Å²) in [6.07, 6.45) is 5.52. The molecule has 0 aromatic heterocycles. The molecule has 1 aliphatic rings. The molecule has 2 atom stereocenters. The lowest BCUT2D eigenvalue weighted by molar-refractivity contribution is -0.139. The molecule has 0 heterocycles. The second-order valence-corrected chi connectivity index (χ2v) is 8.41. The van der Waals surface area contributed by atoms with Gasteiger partial charge in [-0.3, -0.25) is 0 Å². The molecule has 1 aromatic carbocycles. The summed E-state index contributed by atoms with van der Waals surface area (Å²) in [7, 11) is 1.71. The smallest absolute Gasteiger partial charge is 0.407 e. The molecular weight excluding hydrogens is 422 g/mol. The fourth-order valence-electron chi connectivity index (χ4n) is 3.18. The molecule has 0 fully saturated rings. The third kappa shape index (κ3) is 8.69. The van der Waals surface area contributed by atoms with E-state index in [1.165, 1.54) is 0 Å². The zero-order valence-corrected chi connectivity index (χ0v) is 20.1. The fourth-order valence-corrected chi connectivity index (χ4v) is 3.18. The highest BCUT2D eigenvalue weighted by atomic mass is 16.5. The second-order valence-electron chi connectivity index (χ2n) is 8.41. The lowest BCUT2D eigenvalue weighted by Gasteiger charge is -2.17. The summed E-state index contributed by atoms with van der Waals surface area (Å²) in [6, 6.07) is 6.68. The summed E-state index contributed by atoms with van der Waals surface area (Å²) in [5.41, 5.74) is 4.11. The zero-order valence-electron chi connectivity index (χ0n) is 20.1. The first-order valence-corrected chi connectivity index (χ1v) is 10.8. The number of ether oxygens (including phenoxy) is 2. The molecule has 1 aliphatic carbocycles.